The molecule has 1 saturated heterocycles. The van der Waals surface area contributed by atoms with E-state index in [9.17, 15) is 8.42 Å². The molecule has 1 aromatic rings. The Labute approximate surface area is 118 Å². The smallest absolute Gasteiger partial charge is 0.315 e. The van der Waals surface area contributed by atoms with Gasteiger partial charge in [-0.25, -0.2) is 8.42 Å². The largest absolute Gasteiger partial charge is 0.407 e. The van der Waals surface area contributed by atoms with Gasteiger partial charge in [0, 0.05) is 13.7 Å². The molecule has 9 heteroatoms. The van der Waals surface area contributed by atoms with E-state index >= 15 is 0 Å². The average molecular weight is 304 g/mol. The summed E-state index contributed by atoms with van der Waals surface area (Å²) in [5.74, 6) is 0.730. The minimum atomic E-state index is -2.97. The maximum atomic E-state index is 11.5. The number of sulfone groups is 1. The van der Waals surface area contributed by atoms with Crippen LogP contribution in [0.2, 0.25) is 0 Å². The quantitative estimate of drug-likeness (QED) is 0.667. The molecule has 0 radical (unpaired) electrons. The Hall–Kier alpha value is -1.19. The fourth-order valence-corrected chi connectivity index (χ4v) is 4.21. The van der Waals surface area contributed by atoms with E-state index in [-0.39, 0.29) is 17.5 Å². The number of anilines is 1. The number of nitrogens with one attached hydrogen (secondary N) is 2. The third-order valence-electron chi connectivity index (χ3n) is 3.14. The minimum absolute atomic E-state index is 0.0871. The lowest BCUT2D eigenvalue weighted by Gasteiger charge is -2.21. The Morgan fingerprint density at radius 3 is 2.90 bits per heavy atom. The molecule has 8 nitrogen and oxygen atoms in total. The van der Waals surface area contributed by atoms with Gasteiger partial charge in [0.2, 0.25) is 5.89 Å². The lowest BCUT2D eigenvalue weighted by molar-refractivity contribution is 0.198. The van der Waals surface area contributed by atoms with Crippen molar-refractivity contribution in [3.8, 4) is 0 Å². The number of rotatable bonds is 7. The van der Waals surface area contributed by atoms with Gasteiger partial charge >= 0.3 is 6.01 Å². The molecule has 1 aromatic heterocycles. The number of methoxy groups -OCH3 is 1. The van der Waals surface area contributed by atoms with Crippen molar-refractivity contribution in [1.82, 2.24) is 15.5 Å². The first-order chi connectivity index (χ1) is 9.42. The van der Waals surface area contributed by atoms with Gasteiger partial charge < -0.3 is 19.8 Å². The van der Waals surface area contributed by atoms with E-state index < -0.39 is 15.4 Å². The second-order valence-corrected chi connectivity index (χ2v) is 7.38. The van der Waals surface area contributed by atoms with Gasteiger partial charge in [-0.15, -0.1) is 5.10 Å². The van der Waals surface area contributed by atoms with E-state index in [4.69, 9.17) is 9.15 Å². The summed E-state index contributed by atoms with van der Waals surface area (Å²) in [6.45, 7) is 3.60. The van der Waals surface area contributed by atoms with Crippen LogP contribution in [0.4, 0.5) is 6.01 Å². The summed E-state index contributed by atoms with van der Waals surface area (Å²) in [6, 6.07) is 0.258. The van der Waals surface area contributed by atoms with Crippen LogP contribution in [-0.2, 0) is 21.1 Å². The highest BCUT2D eigenvalue weighted by atomic mass is 32.2. The maximum Gasteiger partial charge on any atom is 0.315 e. The molecular formula is C11H20N4O4S. The van der Waals surface area contributed by atoms with Crippen LogP contribution < -0.4 is 10.6 Å². The van der Waals surface area contributed by atoms with Gasteiger partial charge in [-0.2, -0.15) is 0 Å². The molecule has 0 aliphatic carbocycles. The zero-order chi connectivity index (χ0) is 14.6. The summed E-state index contributed by atoms with van der Waals surface area (Å²) >= 11 is 0. The molecule has 0 amide bonds. The summed E-state index contributed by atoms with van der Waals surface area (Å²) < 4.78 is 33.4. The topological polar surface area (TPSA) is 106 Å². The molecule has 0 bridgehead atoms. The van der Waals surface area contributed by atoms with Crippen LogP contribution >= 0.6 is 0 Å². The Morgan fingerprint density at radius 1 is 1.45 bits per heavy atom. The molecule has 114 valence electrons. The summed E-state index contributed by atoms with van der Waals surface area (Å²) in [5.41, 5.74) is -0.536. The van der Waals surface area contributed by atoms with E-state index in [1.807, 2.05) is 6.92 Å². The first kappa shape index (κ1) is 15.2. The monoisotopic (exact) mass is 304 g/mol. The Balaban J connectivity index is 1.87. The van der Waals surface area contributed by atoms with E-state index in [1.54, 1.807) is 7.11 Å². The summed E-state index contributed by atoms with van der Waals surface area (Å²) in [7, 11) is -1.33. The van der Waals surface area contributed by atoms with Crippen LogP contribution in [0.15, 0.2) is 4.42 Å². The highest BCUT2D eigenvalue weighted by Crippen LogP contribution is 2.26. The van der Waals surface area contributed by atoms with Crippen molar-refractivity contribution in [1.29, 1.82) is 0 Å². The van der Waals surface area contributed by atoms with Gasteiger partial charge in [-0.1, -0.05) is 5.10 Å². The lowest BCUT2D eigenvalue weighted by Crippen LogP contribution is -2.36. The Kier molecular flexibility index (Phi) is 4.61. The molecule has 2 rings (SSSR count). The number of ether oxygens (including phenoxy) is 1. The van der Waals surface area contributed by atoms with Crippen molar-refractivity contribution in [3.05, 3.63) is 5.89 Å². The van der Waals surface area contributed by atoms with Gasteiger partial charge in [0.1, 0.15) is 0 Å². The molecule has 1 fully saturated rings. The summed E-state index contributed by atoms with van der Waals surface area (Å²) in [4.78, 5) is 0. The first-order valence-corrected chi connectivity index (χ1v) is 8.25. The van der Waals surface area contributed by atoms with Crippen molar-refractivity contribution in [2.24, 2.45) is 0 Å². The number of nitrogens with zero attached hydrogens (tertiary/aromatic N) is 2. The molecule has 2 N–H and O–H groups in total. The van der Waals surface area contributed by atoms with Gasteiger partial charge in [-0.3, -0.25) is 0 Å². The second kappa shape index (κ2) is 6.06. The van der Waals surface area contributed by atoms with Gasteiger partial charge in [0.05, 0.1) is 30.2 Å². The highest BCUT2D eigenvalue weighted by Gasteiger charge is 2.39. The molecular weight excluding hydrogens is 284 g/mol. The normalized spacial score (nSPS) is 24.9. The molecule has 2 heterocycles. The van der Waals surface area contributed by atoms with Crippen LogP contribution in [0, 0.1) is 0 Å². The van der Waals surface area contributed by atoms with Crippen molar-refractivity contribution in [2.75, 3.05) is 37.1 Å². The zero-order valence-electron chi connectivity index (χ0n) is 11.7. The van der Waals surface area contributed by atoms with Crippen LogP contribution in [0.1, 0.15) is 19.2 Å². The highest BCUT2D eigenvalue weighted by molar-refractivity contribution is 7.91. The predicted octanol–water partition coefficient (Wildman–Crippen LogP) is -0.205. The van der Waals surface area contributed by atoms with E-state index in [1.165, 1.54) is 0 Å². The van der Waals surface area contributed by atoms with Crippen molar-refractivity contribution in [3.63, 3.8) is 0 Å². The third-order valence-corrected chi connectivity index (χ3v) is 5.04. The van der Waals surface area contributed by atoms with Crippen molar-refractivity contribution >= 4 is 15.9 Å². The standard InChI is InChI=1S/C11H20N4O4S/c1-11(3-6-20(16,17)8-11)13-10-15-14-9(19-10)7-12-4-5-18-2/h12H,3-8H2,1-2H3,(H,13,15). The third kappa shape index (κ3) is 4.15. The lowest BCUT2D eigenvalue weighted by atomic mass is 10.0. The maximum absolute atomic E-state index is 11.5. The van der Waals surface area contributed by atoms with Crippen LogP contribution in [0.5, 0.6) is 0 Å². The Bertz CT molecular complexity index is 544. The van der Waals surface area contributed by atoms with Crippen LogP contribution in [0.25, 0.3) is 0 Å². The Morgan fingerprint density at radius 2 is 2.25 bits per heavy atom. The molecule has 0 spiro atoms. The molecule has 1 unspecified atom stereocenters. The molecule has 0 saturated carbocycles. The van der Waals surface area contributed by atoms with E-state index in [2.05, 4.69) is 20.8 Å². The first-order valence-electron chi connectivity index (χ1n) is 6.43. The molecule has 1 aliphatic heterocycles. The van der Waals surface area contributed by atoms with Crippen molar-refractivity contribution in [2.45, 2.75) is 25.4 Å². The van der Waals surface area contributed by atoms with Gasteiger partial charge in [0.15, 0.2) is 9.84 Å². The molecule has 1 atom stereocenters. The molecule has 20 heavy (non-hydrogen) atoms. The minimum Gasteiger partial charge on any atom is -0.407 e. The van der Waals surface area contributed by atoms with E-state index in [0.717, 1.165) is 0 Å². The number of aromatic nitrogens is 2. The van der Waals surface area contributed by atoms with Gasteiger partial charge in [0.25, 0.3) is 0 Å². The SMILES string of the molecule is COCCNCc1nnc(NC2(C)CCS(=O)(=O)C2)o1. The zero-order valence-corrected chi connectivity index (χ0v) is 12.5. The van der Waals surface area contributed by atoms with Crippen molar-refractivity contribution < 1.29 is 17.6 Å². The summed E-state index contributed by atoms with van der Waals surface area (Å²) in [6.07, 6.45) is 0.541. The average Bonchev–Trinajstić information content (AvgIpc) is 2.90. The van der Waals surface area contributed by atoms with Gasteiger partial charge in [-0.05, 0) is 13.3 Å². The fourth-order valence-electron chi connectivity index (χ4n) is 2.11. The molecule has 1 aliphatic rings. The van der Waals surface area contributed by atoms with Crippen LogP contribution in [-0.4, -0.2) is 55.9 Å². The number of hydrogen-bond donors (Lipinski definition) is 2. The van der Waals surface area contributed by atoms with E-state index in [0.29, 0.717) is 32.0 Å². The number of hydrogen-bond acceptors (Lipinski definition) is 8. The second-order valence-electron chi connectivity index (χ2n) is 5.20. The molecule has 0 aromatic carbocycles. The summed E-state index contributed by atoms with van der Waals surface area (Å²) in [5, 5.41) is 13.9. The van der Waals surface area contributed by atoms with Crippen LogP contribution in [0.3, 0.4) is 0 Å². The predicted molar refractivity (Wildman–Crippen MR) is 73.2 cm³/mol. The fraction of sp³-hybridized carbons (Fsp3) is 0.818.